The lowest BCUT2D eigenvalue weighted by Crippen LogP contribution is -2.30. The van der Waals surface area contributed by atoms with E-state index in [2.05, 4.69) is 16.0 Å². The van der Waals surface area contributed by atoms with Crippen LogP contribution < -0.4 is 20.7 Å². The smallest absolute Gasteiger partial charge is 0.272 e. The number of hydrogen-bond donors (Lipinski definition) is 3. The summed E-state index contributed by atoms with van der Waals surface area (Å²) in [6.45, 7) is 4.30. The highest BCUT2D eigenvalue weighted by Gasteiger charge is 2.17. The quantitative estimate of drug-likeness (QED) is 0.115. The van der Waals surface area contributed by atoms with Gasteiger partial charge in [0, 0.05) is 31.9 Å². The van der Waals surface area contributed by atoms with Gasteiger partial charge in [0.25, 0.3) is 11.8 Å². The van der Waals surface area contributed by atoms with Crippen LogP contribution in [0.5, 0.6) is 5.75 Å². The zero-order valence-corrected chi connectivity index (χ0v) is 25.7. The molecule has 0 aromatic heterocycles. The van der Waals surface area contributed by atoms with Crippen LogP contribution in [-0.2, 0) is 9.59 Å². The number of amides is 3. The molecule has 0 radical (unpaired) electrons. The minimum Gasteiger partial charge on any atom is -0.494 e. The molecule has 43 heavy (non-hydrogen) atoms. The third-order valence-corrected chi connectivity index (χ3v) is 7.69. The minimum atomic E-state index is -0.543. The molecule has 1 unspecified atom stereocenters. The lowest BCUT2D eigenvalue weighted by molar-refractivity contribution is -0.115. The minimum absolute atomic E-state index is 0.00360. The lowest BCUT2D eigenvalue weighted by atomic mass is 10.1. The first kappa shape index (κ1) is 31.7. The number of carbonyl (C=O) groups is 3. The van der Waals surface area contributed by atoms with Crippen molar-refractivity contribution in [2.24, 2.45) is 0 Å². The normalized spacial score (nSPS) is 11.8. The lowest BCUT2D eigenvalue weighted by Gasteiger charge is -2.14. The molecule has 7 nitrogen and oxygen atoms in total. The summed E-state index contributed by atoms with van der Waals surface area (Å²) < 4.78 is 5.44. The standard InChI is InChI=1S/C33H29Cl2N3O4S/c1-3-42-27-15-11-25(12-16-27)36-31(39)21(2)43-28-17-13-26(14-18-28)37-33(41)30(19-23-9-10-24(34)20-29(23)35)38-32(40)22-7-5-4-6-8-22/h4-21H,3H2,1-2H3,(H,36,39)(H,37,41)(H,38,40)/b30-19-. The summed E-state index contributed by atoms with van der Waals surface area (Å²) >= 11 is 13.7. The number of hydrogen-bond acceptors (Lipinski definition) is 5. The van der Waals surface area contributed by atoms with Crippen LogP contribution in [0, 0.1) is 0 Å². The van der Waals surface area contributed by atoms with Crippen LogP contribution in [0.3, 0.4) is 0 Å². The van der Waals surface area contributed by atoms with Crippen molar-refractivity contribution in [2.45, 2.75) is 24.0 Å². The molecular weight excluding hydrogens is 605 g/mol. The first-order valence-electron chi connectivity index (χ1n) is 13.4. The van der Waals surface area contributed by atoms with Gasteiger partial charge in [-0.05, 0) is 98.3 Å². The van der Waals surface area contributed by atoms with Gasteiger partial charge < -0.3 is 20.7 Å². The van der Waals surface area contributed by atoms with Gasteiger partial charge in [0.1, 0.15) is 11.4 Å². The van der Waals surface area contributed by atoms with Crippen LogP contribution in [-0.4, -0.2) is 29.6 Å². The van der Waals surface area contributed by atoms with Crippen LogP contribution in [0.2, 0.25) is 10.0 Å². The molecule has 0 aliphatic rings. The third kappa shape index (κ3) is 9.38. The molecule has 220 valence electrons. The topological polar surface area (TPSA) is 96.5 Å². The van der Waals surface area contributed by atoms with Gasteiger partial charge in [-0.1, -0.05) is 47.5 Å². The maximum absolute atomic E-state index is 13.3. The summed E-state index contributed by atoms with van der Waals surface area (Å²) in [5.74, 6) is -0.392. The Kier molecular flexibility index (Phi) is 11.3. The Hall–Kier alpha value is -4.24. The van der Waals surface area contributed by atoms with E-state index in [4.69, 9.17) is 27.9 Å². The molecule has 0 aliphatic carbocycles. The number of carbonyl (C=O) groups excluding carboxylic acids is 3. The molecule has 4 rings (SSSR count). The first-order chi connectivity index (χ1) is 20.7. The van der Waals surface area contributed by atoms with Gasteiger partial charge in [-0.2, -0.15) is 0 Å². The van der Waals surface area contributed by atoms with Gasteiger partial charge in [0.2, 0.25) is 5.91 Å². The summed E-state index contributed by atoms with van der Waals surface area (Å²) in [5.41, 5.74) is 2.08. The van der Waals surface area contributed by atoms with E-state index < -0.39 is 11.8 Å². The fourth-order valence-corrected chi connectivity index (χ4v) is 5.16. The molecule has 4 aromatic rings. The summed E-state index contributed by atoms with van der Waals surface area (Å²) in [5, 5.41) is 8.80. The Morgan fingerprint density at radius 2 is 1.51 bits per heavy atom. The molecule has 0 spiro atoms. The second-order valence-corrected chi connectivity index (χ2v) is 11.5. The number of benzene rings is 4. The molecule has 0 saturated carbocycles. The van der Waals surface area contributed by atoms with Gasteiger partial charge >= 0.3 is 0 Å². The summed E-state index contributed by atoms with van der Waals surface area (Å²) in [4.78, 5) is 39.8. The zero-order chi connectivity index (χ0) is 30.8. The van der Waals surface area contributed by atoms with Crippen molar-refractivity contribution in [1.29, 1.82) is 0 Å². The van der Waals surface area contributed by atoms with Gasteiger partial charge in [0.15, 0.2) is 0 Å². The van der Waals surface area contributed by atoms with E-state index in [-0.39, 0.29) is 16.9 Å². The highest BCUT2D eigenvalue weighted by Crippen LogP contribution is 2.27. The van der Waals surface area contributed by atoms with Gasteiger partial charge in [0.05, 0.1) is 11.9 Å². The van der Waals surface area contributed by atoms with Gasteiger partial charge in [-0.15, -0.1) is 11.8 Å². The Bertz CT molecular complexity index is 1610. The molecule has 4 aromatic carbocycles. The Balaban J connectivity index is 1.42. The molecule has 3 N–H and O–H groups in total. The molecule has 1 atom stereocenters. The SMILES string of the molecule is CCOc1ccc(NC(=O)C(C)Sc2ccc(NC(=O)/C(=C/c3ccc(Cl)cc3Cl)NC(=O)c3ccccc3)cc2)cc1. The first-order valence-corrected chi connectivity index (χ1v) is 15.0. The van der Waals surface area contributed by atoms with Crippen molar-refractivity contribution in [3.05, 3.63) is 124 Å². The van der Waals surface area contributed by atoms with Gasteiger partial charge in [-0.25, -0.2) is 0 Å². The largest absolute Gasteiger partial charge is 0.494 e. The van der Waals surface area contributed by atoms with Crippen LogP contribution in [0.15, 0.2) is 108 Å². The fraction of sp³-hybridized carbons (Fsp3) is 0.121. The van der Waals surface area contributed by atoms with Crippen molar-refractivity contribution in [3.63, 3.8) is 0 Å². The number of rotatable bonds is 11. The van der Waals surface area contributed by atoms with E-state index in [1.165, 1.54) is 17.8 Å². The molecule has 3 amide bonds. The Morgan fingerprint density at radius 1 is 0.860 bits per heavy atom. The average molecular weight is 635 g/mol. The van der Waals surface area contributed by atoms with E-state index in [9.17, 15) is 14.4 Å². The molecular formula is C33H29Cl2N3O4S. The number of halogens is 2. The molecule has 0 aliphatic heterocycles. The summed E-state index contributed by atoms with van der Waals surface area (Å²) in [6.07, 6.45) is 1.49. The molecule has 10 heteroatoms. The molecule has 0 saturated heterocycles. The Labute approximate surface area is 264 Å². The fourth-order valence-electron chi connectivity index (χ4n) is 3.83. The van der Waals surface area contributed by atoms with Crippen LogP contribution >= 0.6 is 35.0 Å². The number of nitrogens with one attached hydrogen (secondary N) is 3. The maximum atomic E-state index is 13.3. The molecule has 0 fully saturated rings. The van der Waals surface area contributed by atoms with Crippen molar-refractivity contribution in [3.8, 4) is 5.75 Å². The summed E-state index contributed by atoms with van der Waals surface area (Å²) in [6, 6.07) is 27.7. The van der Waals surface area contributed by atoms with Crippen LogP contribution in [0.4, 0.5) is 11.4 Å². The van der Waals surface area contributed by atoms with Gasteiger partial charge in [-0.3, -0.25) is 14.4 Å². The van der Waals surface area contributed by atoms with E-state index in [0.717, 1.165) is 10.6 Å². The third-order valence-electron chi connectivity index (χ3n) is 6.02. The average Bonchev–Trinajstić information content (AvgIpc) is 3.00. The van der Waals surface area contributed by atoms with Crippen LogP contribution in [0.1, 0.15) is 29.8 Å². The second-order valence-electron chi connectivity index (χ2n) is 9.23. The highest BCUT2D eigenvalue weighted by atomic mass is 35.5. The van der Waals surface area contributed by atoms with Crippen molar-refractivity contribution < 1.29 is 19.1 Å². The van der Waals surface area contributed by atoms with E-state index in [1.54, 1.807) is 72.8 Å². The maximum Gasteiger partial charge on any atom is 0.272 e. The second kappa shape index (κ2) is 15.3. The Morgan fingerprint density at radius 3 is 2.16 bits per heavy atom. The summed E-state index contributed by atoms with van der Waals surface area (Å²) in [7, 11) is 0. The number of anilines is 2. The highest BCUT2D eigenvalue weighted by molar-refractivity contribution is 8.00. The van der Waals surface area contributed by atoms with Crippen molar-refractivity contribution in [2.75, 3.05) is 17.2 Å². The predicted molar refractivity (Wildman–Crippen MR) is 175 cm³/mol. The van der Waals surface area contributed by atoms with Crippen molar-refractivity contribution in [1.82, 2.24) is 5.32 Å². The molecule has 0 heterocycles. The van der Waals surface area contributed by atoms with E-state index in [0.29, 0.717) is 39.2 Å². The van der Waals surface area contributed by atoms with Crippen molar-refractivity contribution >= 4 is 70.1 Å². The predicted octanol–water partition coefficient (Wildman–Crippen LogP) is 7.92. The molecule has 0 bridgehead atoms. The monoisotopic (exact) mass is 633 g/mol. The van der Waals surface area contributed by atoms with E-state index in [1.807, 2.05) is 38.1 Å². The number of ether oxygens (including phenoxy) is 1. The number of thioether (sulfide) groups is 1. The zero-order valence-electron chi connectivity index (χ0n) is 23.4. The van der Waals surface area contributed by atoms with E-state index >= 15 is 0 Å². The van der Waals surface area contributed by atoms with Crippen LogP contribution in [0.25, 0.3) is 6.08 Å².